The Labute approximate surface area is 149 Å². The molecular weight excluding hydrogens is 378 g/mol. The molecule has 0 aliphatic heterocycles. The highest BCUT2D eigenvalue weighted by Gasteiger charge is 2.14. The molecule has 1 amide bonds. The number of nitrogens with one attached hydrogen (secondary N) is 1. The number of benzene rings is 2. The molecule has 2 rings (SSSR count). The number of nitrogens with zero attached hydrogens (tertiary/aromatic N) is 1. The van der Waals surface area contributed by atoms with Gasteiger partial charge in [-0.1, -0.05) is 27.5 Å². The lowest BCUT2D eigenvalue weighted by Gasteiger charge is -2.24. The number of rotatable bonds is 5. The first-order chi connectivity index (χ1) is 11.0. The number of anilines is 3. The summed E-state index contributed by atoms with van der Waals surface area (Å²) in [6, 6.07) is 10.6. The third kappa shape index (κ3) is 4.18. The lowest BCUT2D eigenvalue weighted by molar-refractivity contribution is 0.102. The van der Waals surface area contributed by atoms with Crippen LogP contribution >= 0.6 is 27.5 Å². The van der Waals surface area contributed by atoms with Crippen LogP contribution < -0.4 is 16.0 Å². The Morgan fingerprint density at radius 2 is 1.83 bits per heavy atom. The molecular formula is C17H19BrClN3O. The molecule has 122 valence electrons. The standard InChI is InChI=1S/C17H19BrClN3O/c1-3-22(4-2)16-10-15(13(19)9-14(16)20)21-17(23)11-5-7-12(18)8-6-11/h5-10H,3-4,20H2,1-2H3,(H,21,23). The van der Waals surface area contributed by atoms with E-state index in [1.165, 1.54) is 0 Å². The van der Waals surface area contributed by atoms with Crippen LogP contribution in [0, 0.1) is 0 Å². The van der Waals surface area contributed by atoms with E-state index in [-0.39, 0.29) is 5.91 Å². The maximum absolute atomic E-state index is 12.4. The van der Waals surface area contributed by atoms with Gasteiger partial charge in [0.25, 0.3) is 5.91 Å². The van der Waals surface area contributed by atoms with Gasteiger partial charge in [0.05, 0.1) is 22.1 Å². The van der Waals surface area contributed by atoms with E-state index >= 15 is 0 Å². The van der Waals surface area contributed by atoms with Crippen LogP contribution in [0.1, 0.15) is 24.2 Å². The zero-order chi connectivity index (χ0) is 17.0. The summed E-state index contributed by atoms with van der Waals surface area (Å²) in [6.45, 7) is 5.75. The van der Waals surface area contributed by atoms with Gasteiger partial charge >= 0.3 is 0 Å². The van der Waals surface area contributed by atoms with E-state index in [0.29, 0.717) is 22.0 Å². The third-order valence-corrected chi connectivity index (χ3v) is 4.42. The average Bonchev–Trinajstić information content (AvgIpc) is 2.53. The molecule has 0 bridgehead atoms. The summed E-state index contributed by atoms with van der Waals surface area (Å²) in [5, 5.41) is 3.27. The van der Waals surface area contributed by atoms with Crippen molar-refractivity contribution in [2.24, 2.45) is 0 Å². The van der Waals surface area contributed by atoms with E-state index in [1.807, 2.05) is 18.2 Å². The molecule has 0 radical (unpaired) electrons. The van der Waals surface area contributed by atoms with Crippen molar-refractivity contribution >= 4 is 50.5 Å². The Balaban J connectivity index is 2.30. The van der Waals surface area contributed by atoms with E-state index in [0.717, 1.165) is 23.2 Å². The van der Waals surface area contributed by atoms with Gasteiger partial charge in [0.1, 0.15) is 0 Å². The molecule has 0 heterocycles. The number of hydrogen-bond acceptors (Lipinski definition) is 3. The summed E-state index contributed by atoms with van der Waals surface area (Å²) >= 11 is 9.58. The largest absolute Gasteiger partial charge is 0.397 e. The molecule has 0 aliphatic carbocycles. The highest BCUT2D eigenvalue weighted by Crippen LogP contribution is 2.33. The Morgan fingerprint density at radius 1 is 1.22 bits per heavy atom. The minimum absolute atomic E-state index is 0.213. The molecule has 2 aromatic rings. The maximum Gasteiger partial charge on any atom is 0.255 e. The van der Waals surface area contributed by atoms with Crippen molar-refractivity contribution in [1.29, 1.82) is 0 Å². The molecule has 0 spiro atoms. The molecule has 2 aromatic carbocycles. The molecule has 6 heteroatoms. The van der Waals surface area contributed by atoms with E-state index in [1.54, 1.807) is 18.2 Å². The molecule has 0 saturated carbocycles. The number of nitrogens with two attached hydrogens (primary N) is 1. The van der Waals surface area contributed by atoms with Crippen molar-refractivity contribution in [2.75, 3.05) is 29.0 Å². The van der Waals surface area contributed by atoms with Gasteiger partial charge in [-0.2, -0.15) is 0 Å². The fraction of sp³-hybridized carbons (Fsp3) is 0.235. The van der Waals surface area contributed by atoms with Crippen LogP contribution in [-0.2, 0) is 0 Å². The van der Waals surface area contributed by atoms with Gasteiger partial charge in [0.2, 0.25) is 0 Å². The van der Waals surface area contributed by atoms with Gasteiger partial charge in [0.15, 0.2) is 0 Å². The highest BCUT2D eigenvalue weighted by atomic mass is 79.9. The Kier molecular flexibility index (Phi) is 5.91. The Hall–Kier alpha value is -1.72. The minimum Gasteiger partial charge on any atom is -0.397 e. The van der Waals surface area contributed by atoms with E-state index in [4.69, 9.17) is 17.3 Å². The van der Waals surface area contributed by atoms with Crippen molar-refractivity contribution in [2.45, 2.75) is 13.8 Å². The molecule has 23 heavy (non-hydrogen) atoms. The molecule has 0 atom stereocenters. The van der Waals surface area contributed by atoms with E-state index < -0.39 is 0 Å². The zero-order valence-electron chi connectivity index (χ0n) is 13.1. The summed E-state index contributed by atoms with van der Waals surface area (Å²) in [6.07, 6.45) is 0. The molecule has 4 nitrogen and oxygen atoms in total. The highest BCUT2D eigenvalue weighted by molar-refractivity contribution is 9.10. The summed E-state index contributed by atoms with van der Waals surface area (Å²) in [7, 11) is 0. The predicted molar refractivity (Wildman–Crippen MR) is 102 cm³/mol. The van der Waals surface area contributed by atoms with Crippen molar-refractivity contribution in [3.63, 3.8) is 0 Å². The van der Waals surface area contributed by atoms with Gasteiger partial charge in [0, 0.05) is 23.1 Å². The van der Waals surface area contributed by atoms with Crippen LogP contribution in [0.25, 0.3) is 0 Å². The normalized spacial score (nSPS) is 10.4. The van der Waals surface area contributed by atoms with E-state index in [9.17, 15) is 4.79 Å². The Morgan fingerprint density at radius 3 is 2.39 bits per heavy atom. The van der Waals surface area contributed by atoms with Crippen molar-refractivity contribution in [3.05, 3.63) is 51.5 Å². The van der Waals surface area contributed by atoms with Crippen LogP contribution in [0.5, 0.6) is 0 Å². The minimum atomic E-state index is -0.213. The second-order valence-electron chi connectivity index (χ2n) is 5.02. The number of carbonyl (C=O) groups is 1. The molecule has 0 aromatic heterocycles. The molecule has 0 fully saturated rings. The first-order valence-electron chi connectivity index (χ1n) is 7.37. The number of nitrogen functional groups attached to an aromatic ring is 1. The topological polar surface area (TPSA) is 58.4 Å². The van der Waals surface area contributed by atoms with Gasteiger partial charge in [-0.05, 0) is 50.2 Å². The first kappa shape index (κ1) is 17.6. The molecule has 3 N–H and O–H groups in total. The van der Waals surface area contributed by atoms with Crippen LogP contribution in [0.2, 0.25) is 5.02 Å². The second-order valence-corrected chi connectivity index (χ2v) is 6.35. The first-order valence-corrected chi connectivity index (χ1v) is 8.54. The summed E-state index contributed by atoms with van der Waals surface area (Å²) in [4.78, 5) is 14.5. The number of carbonyl (C=O) groups excluding carboxylic acids is 1. The second kappa shape index (κ2) is 7.70. The van der Waals surface area contributed by atoms with Gasteiger partial charge in [-0.3, -0.25) is 4.79 Å². The molecule has 0 aliphatic rings. The monoisotopic (exact) mass is 395 g/mol. The molecule has 0 saturated heterocycles. The number of amides is 1. The van der Waals surface area contributed by atoms with Crippen LogP contribution in [0.3, 0.4) is 0 Å². The quantitative estimate of drug-likeness (QED) is 0.715. The fourth-order valence-corrected chi connectivity index (χ4v) is 2.79. The van der Waals surface area contributed by atoms with Gasteiger partial charge < -0.3 is 16.0 Å². The van der Waals surface area contributed by atoms with Crippen molar-refractivity contribution in [1.82, 2.24) is 0 Å². The Bertz CT molecular complexity index is 700. The van der Waals surface area contributed by atoms with Gasteiger partial charge in [-0.15, -0.1) is 0 Å². The number of hydrogen-bond donors (Lipinski definition) is 2. The zero-order valence-corrected chi connectivity index (χ0v) is 15.4. The average molecular weight is 397 g/mol. The molecule has 0 unspecified atom stereocenters. The number of halogens is 2. The lowest BCUT2D eigenvalue weighted by atomic mass is 10.2. The lowest BCUT2D eigenvalue weighted by Crippen LogP contribution is -2.23. The van der Waals surface area contributed by atoms with Crippen LogP contribution in [-0.4, -0.2) is 19.0 Å². The van der Waals surface area contributed by atoms with E-state index in [2.05, 4.69) is 40.0 Å². The summed E-state index contributed by atoms with van der Waals surface area (Å²) in [5.74, 6) is -0.213. The SMILES string of the molecule is CCN(CC)c1cc(NC(=O)c2ccc(Br)cc2)c(Cl)cc1N. The summed E-state index contributed by atoms with van der Waals surface area (Å²) < 4.78 is 0.920. The predicted octanol–water partition coefficient (Wildman–Crippen LogP) is 4.78. The van der Waals surface area contributed by atoms with Crippen LogP contribution in [0.15, 0.2) is 40.9 Å². The smallest absolute Gasteiger partial charge is 0.255 e. The maximum atomic E-state index is 12.4. The third-order valence-electron chi connectivity index (χ3n) is 3.58. The van der Waals surface area contributed by atoms with Crippen molar-refractivity contribution in [3.8, 4) is 0 Å². The van der Waals surface area contributed by atoms with Gasteiger partial charge in [-0.25, -0.2) is 0 Å². The summed E-state index contributed by atoms with van der Waals surface area (Å²) in [5.41, 5.74) is 8.63. The van der Waals surface area contributed by atoms with Crippen LogP contribution in [0.4, 0.5) is 17.1 Å². The van der Waals surface area contributed by atoms with Crippen molar-refractivity contribution < 1.29 is 4.79 Å². The fourth-order valence-electron chi connectivity index (χ4n) is 2.31.